The third-order valence-corrected chi connectivity index (χ3v) is 4.10. The molecular formula is C12H18O5S. The molecule has 0 aromatic carbocycles. The fraction of sp³-hybridized carbons (Fsp3) is 0.750. The standard InChI is InChI=1S/C12H18O5S/c1-11(2)7-8-12(10(13)16-11)6-4-5-9(12)17-18(3,14)15/h4,6,9H,5,7-8H2,1-3H3. The summed E-state index contributed by atoms with van der Waals surface area (Å²) in [5.41, 5.74) is -1.42. The molecule has 1 fully saturated rings. The molecule has 0 radical (unpaired) electrons. The van der Waals surface area contributed by atoms with Gasteiger partial charge >= 0.3 is 5.97 Å². The van der Waals surface area contributed by atoms with Crippen LogP contribution in [0, 0.1) is 5.41 Å². The normalized spacial score (nSPS) is 34.8. The molecule has 1 heterocycles. The first-order valence-corrected chi connectivity index (χ1v) is 7.76. The van der Waals surface area contributed by atoms with E-state index in [1.807, 2.05) is 13.8 Å². The molecule has 2 atom stereocenters. The number of hydrogen-bond donors (Lipinski definition) is 0. The van der Waals surface area contributed by atoms with E-state index >= 15 is 0 Å². The Labute approximate surface area is 107 Å². The fourth-order valence-electron chi connectivity index (χ4n) is 2.51. The Bertz CT molecular complexity index is 491. The van der Waals surface area contributed by atoms with Gasteiger partial charge in [0.2, 0.25) is 0 Å². The molecule has 102 valence electrons. The second-order valence-electron chi connectivity index (χ2n) is 5.62. The van der Waals surface area contributed by atoms with Crippen LogP contribution in [0.5, 0.6) is 0 Å². The van der Waals surface area contributed by atoms with Crippen molar-refractivity contribution in [1.29, 1.82) is 0 Å². The number of hydrogen-bond acceptors (Lipinski definition) is 5. The Balaban J connectivity index is 2.25. The maximum absolute atomic E-state index is 12.2. The minimum Gasteiger partial charge on any atom is -0.459 e. The van der Waals surface area contributed by atoms with Crippen molar-refractivity contribution >= 4 is 16.1 Å². The number of carbonyl (C=O) groups excluding carboxylic acids is 1. The van der Waals surface area contributed by atoms with Crippen LogP contribution in [0.3, 0.4) is 0 Å². The van der Waals surface area contributed by atoms with E-state index in [1.54, 1.807) is 12.2 Å². The van der Waals surface area contributed by atoms with Gasteiger partial charge in [-0.05, 0) is 33.1 Å². The van der Waals surface area contributed by atoms with Gasteiger partial charge in [-0.15, -0.1) is 0 Å². The first kappa shape index (κ1) is 13.5. The van der Waals surface area contributed by atoms with Gasteiger partial charge < -0.3 is 4.74 Å². The van der Waals surface area contributed by atoms with E-state index in [-0.39, 0.29) is 5.97 Å². The summed E-state index contributed by atoms with van der Waals surface area (Å²) in [7, 11) is -3.58. The lowest BCUT2D eigenvalue weighted by atomic mass is 9.75. The monoisotopic (exact) mass is 274 g/mol. The highest BCUT2D eigenvalue weighted by atomic mass is 32.2. The molecular weight excluding hydrogens is 256 g/mol. The van der Waals surface area contributed by atoms with Crippen molar-refractivity contribution in [3.05, 3.63) is 12.2 Å². The summed E-state index contributed by atoms with van der Waals surface area (Å²) in [6.45, 7) is 3.70. The summed E-state index contributed by atoms with van der Waals surface area (Å²) in [5, 5.41) is 0. The molecule has 0 N–H and O–H groups in total. The number of rotatable bonds is 2. The average molecular weight is 274 g/mol. The zero-order valence-electron chi connectivity index (χ0n) is 10.8. The number of carbonyl (C=O) groups is 1. The predicted octanol–water partition coefficient (Wildman–Crippen LogP) is 1.39. The van der Waals surface area contributed by atoms with Crippen molar-refractivity contribution in [2.75, 3.05) is 6.26 Å². The van der Waals surface area contributed by atoms with Crippen LogP contribution in [0.2, 0.25) is 0 Å². The Kier molecular flexibility index (Phi) is 3.06. The summed E-state index contributed by atoms with van der Waals surface area (Å²) in [6, 6.07) is 0. The Morgan fingerprint density at radius 2 is 2.06 bits per heavy atom. The van der Waals surface area contributed by atoms with E-state index in [0.717, 1.165) is 6.26 Å². The van der Waals surface area contributed by atoms with Crippen LogP contribution >= 0.6 is 0 Å². The van der Waals surface area contributed by atoms with Gasteiger partial charge in [0.25, 0.3) is 10.1 Å². The SMILES string of the molecule is CC1(C)CCC2(C=CCC2OS(C)(=O)=O)C(=O)O1. The Morgan fingerprint density at radius 1 is 1.39 bits per heavy atom. The minimum absolute atomic E-state index is 0.388. The van der Waals surface area contributed by atoms with Gasteiger partial charge in [-0.3, -0.25) is 8.98 Å². The van der Waals surface area contributed by atoms with Crippen molar-refractivity contribution in [3.63, 3.8) is 0 Å². The first-order chi connectivity index (χ1) is 8.15. The fourth-order valence-corrected chi connectivity index (χ4v) is 3.18. The van der Waals surface area contributed by atoms with Crippen molar-refractivity contribution in [3.8, 4) is 0 Å². The molecule has 2 rings (SSSR count). The number of ether oxygens (including phenoxy) is 1. The van der Waals surface area contributed by atoms with Crippen LogP contribution in [-0.4, -0.2) is 32.3 Å². The summed E-state index contributed by atoms with van der Waals surface area (Å²) in [6.07, 6.45) is 5.51. The largest absolute Gasteiger partial charge is 0.459 e. The summed E-state index contributed by atoms with van der Waals surface area (Å²) < 4.78 is 32.9. The molecule has 0 aromatic rings. The van der Waals surface area contributed by atoms with Crippen molar-refractivity contribution in [2.24, 2.45) is 5.41 Å². The van der Waals surface area contributed by atoms with E-state index in [2.05, 4.69) is 0 Å². The van der Waals surface area contributed by atoms with Crippen LogP contribution in [0.1, 0.15) is 33.1 Å². The molecule has 6 heteroatoms. The topological polar surface area (TPSA) is 69.7 Å². The molecule has 1 aliphatic heterocycles. The smallest absolute Gasteiger partial charge is 0.319 e. The molecule has 0 bridgehead atoms. The van der Waals surface area contributed by atoms with Crippen LogP contribution in [-0.2, 0) is 23.8 Å². The van der Waals surface area contributed by atoms with Crippen LogP contribution in [0.4, 0.5) is 0 Å². The van der Waals surface area contributed by atoms with E-state index in [1.165, 1.54) is 0 Å². The van der Waals surface area contributed by atoms with Gasteiger partial charge in [0, 0.05) is 0 Å². The molecule has 0 amide bonds. The molecule has 1 spiro atoms. The van der Waals surface area contributed by atoms with Crippen LogP contribution in [0.15, 0.2) is 12.2 Å². The number of esters is 1. The van der Waals surface area contributed by atoms with E-state index in [4.69, 9.17) is 8.92 Å². The van der Waals surface area contributed by atoms with Gasteiger partial charge in [0.1, 0.15) is 17.1 Å². The highest BCUT2D eigenvalue weighted by Crippen LogP contribution is 2.46. The molecule has 0 saturated carbocycles. The molecule has 0 aromatic heterocycles. The predicted molar refractivity (Wildman–Crippen MR) is 65.3 cm³/mol. The zero-order chi connectivity index (χ0) is 13.6. The maximum atomic E-state index is 12.2. The summed E-state index contributed by atoms with van der Waals surface area (Å²) in [4.78, 5) is 12.2. The van der Waals surface area contributed by atoms with Crippen molar-refractivity contribution in [2.45, 2.75) is 44.8 Å². The van der Waals surface area contributed by atoms with Gasteiger partial charge in [-0.2, -0.15) is 8.42 Å². The number of cyclic esters (lactones) is 1. The molecule has 1 aliphatic carbocycles. The van der Waals surface area contributed by atoms with Crippen molar-refractivity contribution in [1.82, 2.24) is 0 Å². The van der Waals surface area contributed by atoms with Gasteiger partial charge in [-0.25, -0.2) is 0 Å². The van der Waals surface area contributed by atoms with Gasteiger partial charge in [0.05, 0.1) is 6.26 Å². The quantitative estimate of drug-likeness (QED) is 0.432. The van der Waals surface area contributed by atoms with E-state index in [0.29, 0.717) is 19.3 Å². The highest BCUT2D eigenvalue weighted by Gasteiger charge is 2.54. The van der Waals surface area contributed by atoms with Crippen molar-refractivity contribution < 1.29 is 22.1 Å². The third kappa shape index (κ3) is 2.44. The minimum atomic E-state index is -3.58. The third-order valence-electron chi connectivity index (χ3n) is 3.52. The summed E-state index contributed by atoms with van der Waals surface area (Å²) in [5.74, 6) is -0.388. The molecule has 18 heavy (non-hydrogen) atoms. The lowest BCUT2D eigenvalue weighted by Crippen LogP contribution is -2.50. The molecule has 5 nitrogen and oxygen atoms in total. The van der Waals surface area contributed by atoms with Crippen LogP contribution < -0.4 is 0 Å². The molecule has 2 aliphatic rings. The molecule has 2 unspecified atom stereocenters. The van der Waals surface area contributed by atoms with E-state index in [9.17, 15) is 13.2 Å². The van der Waals surface area contributed by atoms with E-state index < -0.39 is 27.2 Å². The second kappa shape index (κ2) is 4.06. The maximum Gasteiger partial charge on any atom is 0.319 e. The lowest BCUT2D eigenvalue weighted by molar-refractivity contribution is -0.182. The first-order valence-electron chi connectivity index (χ1n) is 5.94. The molecule has 1 saturated heterocycles. The van der Waals surface area contributed by atoms with Gasteiger partial charge in [0.15, 0.2) is 0 Å². The second-order valence-corrected chi connectivity index (χ2v) is 7.22. The lowest BCUT2D eigenvalue weighted by Gasteiger charge is -2.41. The Hall–Kier alpha value is -0.880. The summed E-state index contributed by atoms with van der Waals surface area (Å²) >= 11 is 0. The Morgan fingerprint density at radius 3 is 2.61 bits per heavy atom. The highest BCUT2D eigenvalue weighted by molar-refractivity contribution is 7.86. The van der Waals surface area contributed by atoms with Crippen LogP contribution in [0.25, 0.3) is 0 Å². The average Bonchev–Trinajstić information content (AvgIpc) is 2.54. The zero-order valence-corrected chi connectivity index (χ0v) is 11.6. The van der Waals surface area contributed by atoms with Gasteiger partial charge in [-0.1, -0.05) is 12.2 Å².